The molecule has 0 unspecified atom stereocenters. The lowest BCUT2D eigenvalue weighted by Crippen LogP contribution is -2.21. The van der Waals surface area contributed by atoms with E-state index >= 15 is 0 Å². The van der Waals surface area contributed by atoms with Gasteiger partial charge in [0.25, 0.3) is 5.88 Å². The van der Waals surface area contributed by atoms with E-state index in [4.69, 9.17) is 26.2 Å². The van der Waals surface area contributed by atoms with Crippen LogP contribution in [0.3, 0.4) is 0 Å². The summed E-state index contributed by atoms with van der Waals surface area (Å²) in [5.74, 6) is 1.65. The maximum Gasteiger partial charge on any atom is 0.255 e. The summed E-state index contributed by atoms with van der Waals surface area (Å²) in [5, 5.41) is 6.98. The van der Waals surface area contributed by atoms with Crippen molar-refractivity contribution < 1.29 is 14.0 Å². The van der Waals surface area contributed by atoms with Crippen LogP contribution in [0.4, 0.5) is 0 Å². The van der Waals surface area contributed by atoms with E-state index in [2.05, 4.69) is 15.5 Å². The molecule has 25 heavy (non-hydrogen) atoms. The molecule has 1 N–H and O–H groups in total. The molecule has 0 saturated carbocycles. The molecule has 0 spiro atoms. The van der Waals surface area contributed by atoms with Gasteiger partial charge >= 0.3 is 0 Å². The zero-order valence-corrected chi connectivity index (χ0v) is 14.5. The molecule has 0 aliphatic carbocycles. The van der Waals surface area contributed by atoms with E-state index in [0.717, 1.165) is 16.9 Å². The molecular formula is C18H17N3O3S. The van der Waals surface area contributed by atoms with Crippen molar-refractivity contribution in [3.63, 3.8) is 0 Å². The molecule has 128 valence electrons. The molecule has 0 aliphatic heterocycles. The molecule has 0 saturated heterocycles. The minimum atomic E-state index is 0.381. The van der Waals surface area contributed by atoms with Gasteiger partial charge in [-0.2, -0.15) is 0 Å². The van der Waals surface area contributed by atoms with Crippen LogP contribution in [0.25, 0.3) is 0 Å². The predicted molar refractivity (Wildman–Crippen MR) is 96.6 cm³/mol. The molecule has 1 aromatic carbocycles. The fourth-order valence-corrected chi connectivity index (χ4v) is 2.25. The van der Waals surface area contributed by atoms with Gasteiger partial charge in [-0.15, -0.1) is 0 Å². The first-order valence-corrected chi connectivity index (χ1v) is 8.05. The Hall–Kier alpha value is -2.93. The van der Waals surface area contributed by atoms with Crippen molar-refractivity contribution in [1.82, 2.24) is 15.5 Å². The summed E-state index contributed by atoms with van der Waals surface area (Å²) in [6.07, 6.45) is 3.50. The normalized spacial score (nSPS) is 10.3. The second-order valence-electron chi connectivity index (χ2n) is 5.21. The van der Waals surface area contributed by atoms with E-state index in [1.165, 1.54) is 0 Å². The Labute approximate surface area is 150 Å². The maximum absolute atomic E-state index is 5.62. The number of methoxy groups -OCH3 is 1. The van der Waals surface area contributed by atoms with Crippen molar-refractivity contribution in [3.8, 4) is 11.6 Å². The highest BCUT2D eigenvalue weighted by atomic mass is 32.1. The number of benzene rings is 1. The third kappa shape index (κ3) is 4.77. The van der Waals surface area contributed by atoms with Crippen LogP contribution in [0.5, 0.6) is 11.6 Å². The number of thiocarbonyl (C=S) groups is 1. The van der Waals surface area contributed by atoms with Gasteiger partial charge in [-0.3, -0.25) is 4.98 Å². The highest BCUT2D eigenvalue weighted by molar-refractivity contribution is 7.80. The van der Waals surface area contributed by atoms with E-state index in [1.807, 2.05) is 36.4 Å². The van der Waals surface area contributed by atoms with Crippen LogP contribution in [0.2, 0.25) is 0 Å². The first kappa shape index (κ1) is 16.9. The van der Waals surface area contributed by atoms with Crippen LogP contribution >= 0.6 is 12.2 Å². The van der Waals surface area contributed by atoms with Crippen LogP contribution in [0.15, 0.2) is 59.4 Å². The molecule has 0 amide bonds. The van der Waals surface area contributed by atoms with Crippen molar-refractivity contribution in [3.05, 3.63) is 71.7 Å². The van der Waals surface area contributed by atoms with Gasteiger partial charge in [-0.05, 0) is 34.5 Å². The van der Waals surface area contributed by atoms with Crippen molar-refractivity contribution in [1.29, 1.82) is 0 Å². The Morgan fingerprint density at radius 2 is 2.04 bits per heavy atom. The van der Waals surface area contributed by atoms with Crippen molar-refractivity contribution in [2.45, 2.75) is 13.2 Å². The highest BCUT2D eigenvalue weighted by Gasteiger charge is 2.10. The van der Waals surface area contributed by atoms with Crippen molar-refractivity contribution in [2.24, 2.45) is 0 Å². The summed E-state index contributed by atoms with van der Waals surface area (Å²) in [5.41, 5.74) is 2.03. The van der Waals surface area contributed by atoms with Gasteiger partial charge in [0.15, 0.2) is 5.76 Å². The topological polar surface area (TPSA) is 69.4 Å². The number of nitrogens with zero attached hydrogens (tertiary/aromatic N) is 2. The van der Waals surface area contributed by atoms with Gasteiger partial charge in [0, 0.05) is 18.9 Å². The minimum Gasteiger partial charge on any atom is -0.497 e. The number of hydrogen-bond donors (Lipinski definition) is 1. The van der Waals surface area contributed by atoms with Crippen LogP contribution in [-0.4, -0.2) is 22.2 Å². The molecule has 0 aliphatic rings. The van der Waals surface area contributed by atoms with Crippen LogP contribution in [-0.2, 0) is 13.2 Å². The number of aromatic nitrogens is 2. The Bertz CT molecular complexity index is 819. The smallest absolute Gasteiger partial charge is 0.255 e. The fraction of sp³-hybridized carbons (Fsp3) is 0.167. The highest BCUT2D eigenvalue weighted by Crippen LogP contribution is 2.16. The fourth-order valence-electron chi connectivity index (χ4n) is 2.09. The van der Waals surface area contributed by atoms with Gasteiger partial charge < -0.3 is 19.3 Å². The molecule has 0 radical (unpaired) electrons. The van der Waals surface area contributed by atoms with E-state index in [-0.39, 0.29) is 0 Å². The third-order valence-corrected chi connectivity index (χ3v) is 3.78. The van der Waals surface area contributed by atoms with E-state index in [1.54, 1.807) is 25.6 Å². The summed E-state index contributed by atoms with van der Waals surface area (Å²) < 4.78 is 16.0. The molecular weight excluding hydrogens is 338 g/mol. The lowest BCUT2D eigenvalue weighted by molar-refractivity contribution is 0.268. The Kier molecular flexibility index (Phi) is 5.58. The second-order valence-corrected chi connectivity index (χ2v) is 5.62. The summed E-state index contributed by atoms with van der Waals surface area (Å²) in [4.78, 5) is 4.52. The average molecular weight is 355 g/mol. The molecule has 2 aromatic heterocycles. The first-order valence-electron chi connectivity index (χ1n) is 7.64. The van der Waals surface area contributed by atoms with Gasteiger partial charge in [0.2, 0.25) is 0 Å². The molecule has 0 fully saturated rings. The quantitative estimate of drug-likeness (QED) is 0.653. The largest absolute Gasteiger partial charge is 0.497 e. The summed E-state index contributed by atoms with van der Waals surface area (Å²) in [6.45, 7) is 0.946. The van der Waals surface area contributed by atoms with Crippen molar-refractivity contribution in [2.75, 3.05) is 7.11 Å². The zero-order valence-electron chi connectivity index (χ0n) is 13.6. The average Bonchev–Trinajstić information content (AvgIpc) is 3.15. The number of rotatable bonds is 7. The molecule has 3 rings (SSSR count). The predicted octanol–water partition coefficient (Wildman–Crippen LogP) is 3.12. The summed E-state index contributed by atoms with van der Waals surface area (Å²) in [7, 11) is 1.63. The summed E-state index contributed by atoms with van der Waals surface area (Å²) in [6, 6.07) is 13.1. The third-order valence-electron chi connectivity index (χ3n) is 3.43. The molecule has 0 atom stereocenters. The Balaban J connectivity index is 1.51. The zero-order chi connectivity index (χ0) is 17.5. The monoisotopic (exact) mass is 355 g/mol. The lowest BCUT2D eigenvalue weighted by atomic mass is 10.2. The van der Waals surface area contributed by atoms with E-state index in [0.29, 0.717) is 29.8 Å². The van der Waals surface area contributed by atoms with Gasteiger partial charge in [-0.1, -0.05) is 30.4 Å². The van der Waals surface area contributed by atoms with Crippen molar-refractivity contribution >= 4 is 17.2 Å². The summed E-state index contributed by atoms with van der Waals surface area (Å²) >= 11 is 5.30. The molecule has 2 heterocycles. The molecule has 3 aromatic rings. The molecule has 0 bridgehead atoms. The van der Waals surface area contributed by atoms with Gasteiger partial charge in [0.1, 0.15) is 17.3 Å². The molecule has 6 nitrogen and oxygen atoms in total. The van der Waals surface area contributed by atoms with Crippen LogP contribution in [0.1, 0.15) is 16.9 Å². The van der Waals surface area contributed by atoms with E-state index < -0.39 is 0 Å². The van der Waals surface area contributed by atoms with Crippen LogP contribution in [0, 0.1) is 0 Å². The number of ether oxygens (including phenoxy) is 2. The molecule has 7 heteroatoms. The first-order chi connectivity index (χ1) is 12.2. The number of nitrogens with one attached hydrogen (secondary N) is 1. The number of pyridine rings is 1. The second kappa shape index (κ2) is 8.25. The van der Waals surface area contributed by atoms with Gasteiger partial charge in [-0.25, -0.2) is 0 Å². The standard InChI is InChI=1S/C18H17N3O3S/c1-22-15-6-4-13(5-7-15)12-23-17-9-16(24-21-17)18(25)20-11-14-3-2-8-19-10-14/h2-10H,11-12H2,1H3,(H,20,25). The van der Waals surface area contributed by atoms with E-state index in [9.17, 15) is 0 Å². The lowest BCUT2D eigenvalue weighted by Gasteiger charge is -2.04. The minimum absolute atomic E-state index is 0.381. The van der Waals surface area contributed by atoms with Crippen LogP contribution < -0.4 is 14.8 Å². The Morgan fingerprint density at radius 1 is 1.20 bits per heavy atom. The SMILES string of the molecule is COc1ccc(COc2cc(C(=S)NCc3cccnc3)on2)cc1. The van der Waals surface area contributed by atoms with Gasteiger partial charge in [0.05, 0.1) is 13.2 Å². The number of hydrogen-bond acceptors (Lipinski definition) is 6. The maximum atomic E-state index is 5.62. The Morgan fingerprint density at radius 3 is 2.76 bits per heavy atom.